The Labute approximate surface area is 182 Å². The van der Waals surface area contributed by atoms with Crippen molar-refractivity contribution in [3.63, 3.8) is 0 Å². The lowest BCUT2D eigenvalue weighted by Crippen LogP contribution is -2.46. The topological polar surface area (TPSA) is 24.9 Å². The van der Waals surface area contributed by atoms with Crippen LogP contribution in [-0.4, -0.2) is 29.9 Å². The SMILES string of the molecule is CC1c2c(ccc3ccccc23)OCN1CN1COc2ccc3ccccc3c2C1C. The Hall–Kier alpha value is -3.08. The third-order valence-corrected chi connectivity index (χ3v) is 6.93. The standard InChI is InChI=1S/C27H26N2O2/c1-18-26-22-9-5-3-7-20(22)11-13-24(26)30-16-28(18)15-29-17-31-25-14-12-21-8-4-6-10-23(21)27(25)19(29)2/h3-14,18-19H,15-17H2,1-2H3. The zero-order chi connectivity index (χ0) is 20.9. The molecule has 2 aliphatic heterocycles. The number of fused-ring (bicyclic) bond motifs is 6. The van der Waals surface area contributed by atoms with Gasteiger partial charge >= 0.3 is 0 Å². The maximum absolute atomic E-state index is 6.19. The van der Waals surface area contributed by atoms with Gasteiger partial charge in [-0.25, -0.2) is 0 Å². The number of hydrogen-bond donors (Lipinski definition) is 0. The zero-order valence-corrected chi connectivity index (χ0v) is 17.9. The Morgan fingerprint density at radius 2 is 1.10 bits per heavy atom. The van der Waals surface area contributed by atoms with Gasteiger partial charge in [0.2, 0.25) is 0 Å². The van der Waals surface area contributed by atoms with E-state index in [0.717, 1.165) is 18.2 Å². The fourth-order valence-corrected chi connectivity index (χ4v) is 5.12. The Morgan fingerprint density at radius 3 is 1.58 bits per heavy atom. The van der Waals surface area contributed by atoms with Crippen LogP contribution in [-0.2, 0) is 0 Å². The average Bonchev–Trinajstić information content (AvgIpc) is 2.81. The summed E-state index contributed by atoms with van der Waals surface area (Å²) < 4.78 is 12.4. The zero-order valence-electron chi connectivity index (χ0n) is 17.9. The van der Waals surface area contributed by atoms with Crippen molar-refractivity contribution < 1.29 is 9.47 Å². The van der Waals surface area contributed by atoms with Gasteiger partial charge < -0.3 is 9.47 Å². The van der Waals surface area contributed by atoms with Crippen LogP contribution in [0.5, 0.6) is 11.5 Å². The fourth-order valence-electron chi connectivity index (χ4n) is 5.12. The molecule has 6 rings (SSSR count). The molecule has 2 aliphatic rings. The second kappa shape index (κ2) is 7.26. The van der Waals surface area contributed by atoms with E-state index in [2.05, 4.69) is 96.4 Å². The summed E-state index contributed by atoms with van der Waals surface area (Å²) in [6, 6.07) is 26.2. The molecule has 4 nitrogen and oxygen atoms in total. The molecule has 2 atom stereocenters. The molecular formula is C27H26N2O2. The lowest BCUT2D eigenvalue weighted by Gasteiger charge is -2.42. The monoisotopic (exact) mass is 410 g/mol. The number of hydrogen-bond acceptors (Lipinski definition) is 4. The van der Waals surface area contributed by atoms with Gasteiger partial charge in [0.15, 0.2) is 0 Å². The predicted octanol–water partition coefficient (Wildman–Crippen LogP) is 6.08. The van der Waals surface area contributed by atoms with E-state index in [9.17, 15) is 0 Å². The Kier molecular flexibility index (Phi) is 4.37. The van der Waals surface area contributed by atoms with E-state index in [-0.39, 0.29) is 12.1 Å². The van der Waals surface area contributed by atoms with Gasteiger partial charge in [0.05, 0.1) is 6.67 Å². The molecule has 4 heteroatoms. The first-order valence-electron chi connectivity index (χ1n) is 11.0. The van der Waals surface area contributed by atoms with Gasteiger partial charge in [0.25, 0.3) is 0 Å². The van der Waals surface area contributed by atoms with Gasteiger partial charge in [-0.3, -0.25) is 9.80 Å². The van der Waals surface area contributed by atoms with Gasteiger partial charge in [-0.05, 0) is 47.5 Å². The minimum atomic E-state index is 0.260. The first-order chi connectivity index (χ1) is 15.2. The summed E-state index contributed by atoms with van der Waals surface area (Å²) in [6.45, 7) is 6.52. The maximum atomic E-state index is 6.19. The smallest absolute Gasteiger partial charge is 0.143 e. The molecule has 0 amide bonds. The lowest BCUT2D eigenvalue weighted by molar-refractivity contribution is -0.0338. The Balaban J connectivity index is 1.32. The van der Waals surface area contributed by atoms with Gasteiger partial charge in [-0.15, -0.1) is 0 Å². The van der Waals surface area contributed by atoms with E-state index < -0.39 is 0 Å². The average molecular weight is 411 g/mol. The van der Waals surface area contributed by atoms with E-state index in [1.54, 1.807) is 0 Å². The van der Waals surface area contributed by atoms with Crippen LogP contribution in [0.2, 0.25) is 0 Å². The second-order valence-electron chi connectivity index (χ2n) is 8.61. The quantitative estimate of drug-likeness (QED) is 0.400. The number of benzene rings is 4. The van der Waals surface area contributed by atoms with Crippen LogP contribution in [0.25, 0.3) is 21.5 Å². The molecule has 0 saturated carbocycles. The largest absolute Gasteiger partial charge is 0.478 e. The van der Waals surface area contributed by atoms with Gasteiger partial charge in [0.1, 0.15) is 25.0 Å². The molecule has 2 heterocycles. The van der Waals surface area contributed by atoms with Crippen LogP contribution in [0, 0.1) is 0 Å². The first-order valence-corrected chi connectivity index (χ1v) is 11.0. The van der Waals surface area contributed by atoms with E-state index >= 15 is 0 Å². The number of nitrogens with zero attached hydrogens (tertiary/aromatic N) is 2. The normalized spacial score (nSPS) is 21.4. The molecule has 0 bridgehead atoms. The summed E-state index contributed by atoms with van der Waals surface area (Å²) in [6.07, 6.45) is 0. The minimum absolute atomic E-state index is 0.260. The van der Waals surface area contributed by atoms with Crippen molar-refractivity contribution in [2.75, 3.05) is 20.1 Å². The highest BCUT2D eigenvalue weighted by Crippen LogP contribution is 2.42. The van der Waals surface area contributed by atoms with E-state index in [1.165, 1.54) is 32.7 Å². The van der Waals surface area contributed by atoms with Crippen molar-refractivity contribution in [1.29, 1.82) is 0 Å². The van der Waals surface area contributed by atoms with Crippen LogP contribution in [0.1, 0.15) is 37.1 Å². The van der Waals surface area contributed by atoms with E-state index in [0.29, 0.717) is 13.5 Å². The van der Waals surface area contributed by atoms with Crippen LogP contribution in [0.15, 0.2) is 72.8 Å². The molecular weight excluding hydrogens is 384 g/mol. The van der Waals surface area contributed by atoms with E-state index in [1.807, 2.05) is 0 Å². The maximum Gasteiger partial charge on any atom is 0.143 e. The molecule has 0 spiro atoms. The van der Waals surface area contributed by atoms with Crippen molar-refractivity contribution in [2.45, 2.75) is 25.9 Å². The van der Waals surface area contributed by atoms with E-state index in [4.69, 9.17) is 9.47 Å². The highest BCUT2D eigenvalue weighted by molar-refractivity contribution is 5.89. The molecule has 0 radical (unpaired) electrons. The summed E-state index contributed by atoms with van der Waals surface area (Å²) in [5, 5.41) is 5.07. The van der Waals surface area contributed by atoms with Gasteiger partial charge in [0, 0.05) is 23.2 Å². The molecule has 2 unspecified atom stereocenters. The van der Waals surface area contributed by atoms with Crippen LogP contribution >= 0.6 is 0 Å². The summed E-state index contributed by atoms with van der Waals surface area (Å²) in [5.74, 6) is 2.00. The minimum Gasteiger partial charge on any atom is -0.478 e. The third kappa shape index (κ3) is 2.98. The highest BCUT2D eigenvalue weighted by atomic mass is 16.5. The van der Waals surface area contributed by atoms with Crippen molar-refractivity contribution >= 4 is 21.5 Å². The highest BCUT2D eigenvalue weighted by Gasteiger charge is 2.32. The van der Waals surface area contributed by atoms with Crippen molar-refractivity contribution in [3.05, 3.63) is 83.9 Å². The van der Waals surface area contributed by atoms with Crippen LogP contribution in [0.3, 0.4) is 0 Å². The summed E-state index contributed by atoms with van der Waals surface area (Å²) >= 11 is 0. The van der Waals surface area contributed by atoms with Gasteiger partial charge in [-0.2, -0.15) is 0 Å². The second-order valence-corrected chi connectivity index (χ2v) is 8.61. The Bertz CT molecular complexity index is 1190. The lowest BCUT2D eigenvalue weighted by atomic mass is 9.96. The van der Waals surface area contributed by atoms with Crippen LogP contribution in [0.4, 0.5) is 0 Å². The summed E-state index contributed by atoms with van der Waals surface area (Å²) in [7, 11) is 0. The summed E-state index contributed by atoms with van der Waals surface area (Å²) in [5.41, 5.74) is 2.56. The van der Waals surface area contributed by atoms with Crippen molar-refractivity contribution in [3.8, 4) is 11.5 Å². The first kappa shape index (κ1) is 18.7. The molecule has 0 aromatic heterocycles. The third-order valence-electron chi connectivity index (χ3n) is 6.93. The molecule has 0 saturated heterocycles. The molecule has 0 fully saturated rings. The predicted molar refractivity (Wildman–Crippen MR) is 124 cm³/mol. The van der Waals surface area contributed by atoms with Crippen molar-refractivity contribution in [1.82, 2.24) is 9.80 Å². The fraction of sp³-hybridized carbons (Fsp3) is 0.259. The van der Waals surface area contributed by atoms with Gasteiger partial charge in [-0.1, -0.05) is 60.7 Å². The number of ether oxygens (including phenoxy) is 2. The Morgan fingerprint density at radius 1 is 0.645 bits per heavy atom. The molecule has 156 valence electrons. The molecule has 31 heavy (non-hydrogen) atoms. The summed E-state index contributed by atoms with van der Waals surface area (Å²) in [4.78, 5) is 4.79. The number of rotatable bonds is 2. The molecule has 4 aromatic rings. The van der Waals surface area contributed by atoms with Crippen molar-refractivity contribution in [2.24, 2.45) is 0 Å². The molecule has 4 aromatic carbocycles. The molecule has 0 aliphatic carbocycles. The molecule has 0 N–H and O–H groups in total. The van der Waals surface area contributed by atoms with Crippen LogP contribution < -0.4 is 9.47 Å².